The van der Waals surface area contributed by atoms with Crippen LogP contribution in [0.5, 0.6) is 5.75 Å². The predicted octanol–water partition coefficient (Wildman–Crippen LogP) is 6.15. The van der Waals surface area contributed by atoms with E-state index >= 15 is 4.39 Å². The fraction of sp³-hybridized carbons (Fsp3) is 0.400. The average molecular weight is 454 g/mol. The van der Waals surface area contributed by atoms with Crippen molar-refractivity contribution in [3.05, 3.63) is 53.4 Å². The van der Waals surface area contributed by atoms with Crippen LogP contribution in [0, 0.1) is 30.9 Å². The molecule has 174 valence electrons. The normalized spacial score (nSPS) is 13.9. The molecule has 8 heteroatoms. The lowest BCUT2D eigenvalue weighted by molar-refractivity contribution is 0.320. The summed E-state index contributed by atoms with van der Waals surface area (Å²) >= 11 is 0. The summed E-state index contributed by atoms with van der Waals surface area (Å²) < 4.78 is 36.7. The van der Waals surface area contributed by atoms with Gasteiger partial charge in [-0.1, -0.05) is 39.8 Å². The number of nitrogens with zero attached hydrogens (tertiary/aromatic N) is 5. The van der Waals surface area contributed by atoms with Gasteiger partial charge in [0, 0.05) is 6.54 Å². The van der Waals surface area contributed by atoms with Crippen LogP contribution in [-0.2, 0) is 0 Å². The molecule has 0 bridgehead atoms. The molecule has 0 saturated heterocycles. The molecular formula is C25H29F2N5O. The first-order valence-electron chi connectivity index (χ1n) is 11.1. The van der Waals surface area contributed by atoms with E-state index < -0.39 is 11.6 Å². The Morgan fingerprint density at radius 1 is 1.00 bits per heavy atom. The summed E-state index contributed by atoms with van der Waals surface area (Å²) in [5.41, 5.74) is 2.72. The summed E-state index contributed by atoms with van der Waals surface area (Å²) in [6.45, 7) is 13.5. The Balaban J connectivity index is 0.000000471. The van der Waals surface area contributed by atoms with Crippen molar-refractivity contribution in [3.63, 3.8) is 0 Å². The zero-order valence-corrected chi connectivity index (χ0v) is 19.9. The van der Waals surface area contributed by atoms with Gasteiger partial charge in [-0.2, -0.15) is 4.98 Å². The number of benzene rings is 2. The van der Waals surface area contributed by atoms with Crippen molar-refractivity contribution in [1.29, 1.82) is 0 Å². The van der Waals surface area contributed by atoms with Crippen LogP contribution in [0.3, 0.4) is 0 Å². The van der Waals surface area contributed by atoms with Crippen molar-refractivity contribution < 1.29 is 13.5 Å². The maximum Gasteiger partial charge on any atom is 0.257 e. The lowest BCUT2D eigenvalue weighted by Gasteiger charge is -2.25. The second-order valence-electron chi connectivity index (χ2n) is 9.85. The Morgan fingerprint density at radius 3 is 2.45 bits per heavy atom. The summed E-state index contributed by atoms with van der Waals surface area (Å²) in [6.07, 6.45) is 0.713. The smallest absolute Gasteiger partial charge is 0.257 e. The van der Waals surface area contributed by atoms with E-state index in [1.54, 1.807) is 11.3 Å². The molecule has 1 aliphatic heterocycles. The van der Waals surface area contributed by atoms with Crippen LogP contribution in [0.1, 0.15) is 45.5 Å². The van der Waals surface area contributed by atoms with Gasteiger partial charge < -0.3 is 9.64 Å². The van der Waals surface area contributed by atoms with Crippen molar-refractivity contribution in [2.45, 2.75) is 48.0 Å². The molecule has 0 radical (unpaired) electrons. The molecule has 3 heterocycles. The van der Waals surface area contributed by atoms with Gasteiger partial charge in [0.05, 0.1) is 23.2 Å². The van der Waals surface area contributed by atoms with E-state index in [0.717, 1.165) is 23.1 Å². The quantitative estimate of drug-likeness (QED) is 0.346. The minimum Gasteiger partial charge on any atom is -0.491 e. The van der Waals surface area contributed by atoms with Crippen LogP contribution >= 0.6 is 0 Å². The van der Waals surface area contributed by atoms with Gasteiger partial charge in [0.1, 0.15) is 17.4 Å². The van der Waals surface area contributed by atoms with Gasteiger partial charge in [-0.15, -0.1) is 10.2 Å². The fourth-order valence-electron chi connectivity index (χ4n) is 3.77. The number of aromatic nitrogens is 4. The maximum atomic E-state index is 15.0. The summed E-state index contributed by atoms with van der Waals surface area (Å²) in [5, 5.41) is 8.25. The molecule has 33 heavy (non-hydrogen) atoms. The molecule has 0 unspecified atom stereocenters. The van der Waals surface area contributed by atoms with Crippen LogP contribution in [0.25, 0.3) is 16.7 Å². The number of aryl methyl sites for hydroxylation is 2. The van der Waals surface area contributed by atoms with E-state index in [1.807, 2.05) is 30.0 Å². The molecule has 6 nitrogen and oxygen atoms in total. The third-order valence-corrected chi connectivity index (χ3v) is 5.06. The van der Waals surface area contributed by atoms with E-state index in [4.69, 9.17) is 4.74 Å². The number of anilines is 2. The van der Waals surface area contributed by atoms with Crippen molar-refractivity contribution in [3.8, 4) is 5.75 Å². The summed E-state index contributed by atoms with van der Waals surface area (Å²) in [7, 11) is 0. The molecule has 0 fully saturated rings. The lowest BCUT2D eigenvalue weighted by atomic mass is 10.0. The predicted molar refractivity (Wildman–Crippen MR) is 126 cm³/mol. The first kappa shape index (κ1) is 22.9. The molecule has 0 amide bonds. The minimum atomic E-state index is -0.936. The molecule has 2 aromatic carbocycles. The highest BCUT2D eigenvalue weighted by Crippen LogP contribution is 2.41. The van der Waals surface area contributed by atoms with Crippen LogP contribution in [0.2, 0.25) is 0 Å². The Bertz CT molecular complexity index is 1320. The number of para-hydroxylation sites is 1. The van der Waals surface area contributed by atoms with E-state index in [0.29, 0.717) is 47.9 Å². The highest BCUT2D eigenvalue weighted by molar-refractivity contribution is 5.95. The minimum absolute atomic E-state index is 0.102. The summed E-state index contributed by atoms with van der Waals surface area (Å²) in [4.78, 5) is 6.45. The molecule has 0 atom stereocenters. The first-order chi connectivity index (χ1) is 15.6. The molecule has 0 N–H and O–H groups in total. The zero-order valence-electron chi connectivity index (χ0n) is 19.9. The van der Waals surface area contributed by atoms with Crippen molar-refractivity contribution in [2.24, 2.45) is 5.41 Å². The number of rotatable bonds is 1. The van der Waals surface area contributed by atoms with E-state index in [-0.39, 0.29) is 5.39 Å². The largest absolute Gasteiger partial charge is 0.491 e. The molecule has 1 aliphatic rings. The molecule has 0 aliphatic carbocycles. The molecule has 5 rings (SSSR count). The van der Waals surface area contributed by atoms with E-state index in [1.165, 1.54) is 6.07 Å². The number of hydrogen-bond acceptors (Lipinski definition) is 5. The van der Waals surface area contributed by atoms with Gasteiger partial charge in [0.15, 0.2) is 11.6 Å². The average Bonchev–Trinajstić information content (AvgIpc) is 2.97. The Kier molecular flexibility index (Phi) is 5.95. The van der Waals surface area contributed by atoms with Crippen molar-refractivity contribution in [2.75, 3.05) is 18.1 Å². The van der Waals surface area contributed by atoms with Crippen LogP contribution < -0.4 is 9.64 Å². The maximum absolute atomic E-state index is 15.0. The van der Waals surface area contributed by atoms with Crippen LogP contribution in [-0.4, -0.2) is 32.7 Å². The van der Waals surface area contributed by atoms with E-state index in [9.17, 15) is 4.39 Å². The number of halogens is 2. The first-order valence-corrected chi connectivity index (χ1v) is 11.1. The fourth-order valence-corrected chi connectivity index (χ4v) is 3.77. The lowest BCUT2D eigenvalue weighted by Crippen LogP contribution is -2.20. The third kappa shape index (κ3) is 4.47. The molecular weight excluding hydrogens is 424 g/mol. The third-order valence-electron chi connectivity index (χ3n) is 5.06. The molecule has 0 spiro atoms. The summed E-state index contributed by atoms with van der Waals surface area (Å²) in [6, 6.07) is 8.42. The Morgan fingerprint density at radius 2 is 1.73 bits per heavy atom. The van der Waals surface area contributed by atoms with Gasteiger partial charge in [0.2, 0.25) is 0 Å². The number of hydrogen-bond donors (Lipinski definition) is 0. The Labute approximate surface area is 192 Å². The molecule has 2 aromatic heterocycles. The van der Waals surface area contributed by atoms with Gasteiger partial charge in [-0.25, -0.2) is 8.78 Å². The van der Waals surface area contributed by atoms with Gasteiger partial charge >= 0.3 is 0 Å². The zero-order chi connectivity index (χ0) is 23.9. The SMILES string of the molecule is CC(C)(C)C.Cc1cccc2c1OCCCN2c1nc2nnc(C)n2c2ccc(F)c(F)c12. The van der Waals surface area contributed by atoms with Crippen molar-refractivity contribution >= 4 is 28.2 Å². The monoisotopic (exact) mass is 453 g/mol. The summed E-state index contributed by atoms with van der Waals surface area (Å²) in [5.74, 6) is 0.0740. The van der Waals surface area contributed by atoms with Gasteiger partial charge in [-0.3, -0.25) is 4.40 Å². The Hall–Kier alpha value is -3.29. The van der Waals surface area contributed by atoms with Crippen LogP contribution in [0.15, 0.2) is 30.3 Å². The second-order valence-corrected chi connectivity index (χ2v) is 9.85. The molecule has 4 aromatic rings. The highest BCUT2D eigenvalue weighted by atomic mass is 19.2. The van der Waals surface area contributed by atoms with E-state index in [2.05, 4.69) is 42.9 Å². The number of ether oxygens (including phenoxy) is 1. The standard InChI is InChI=1S/C20H17F2N5O.C5H12/c1-11-5-3-6-15-18(11)28-10-4-9-26(15)19-16-14(8-7-13(21)17(16)22)27-12(2)24-25-20(27)23-19;1-5(2,3)4/h3,5-8H,4,9-10H2,1-2H3;1-4H3. The van der Waals surface area contributed by atoms with Gasteiger partial charge in [0.25, 0.3) is 5.78 Å². The second kappa shape index (κ2) is 8.57. The molecule has 0 saturated carbocycles. The highest BCUT2D eigenvalue weighted by Gasteiger charge is 2.26. The van der Waals surface area contributed by atoms with Crippen LogP contribution in [0.4, 0.5) is 20.3 Å². The van der Waals surface area contributed by atoms with Gasteiger partial charge in [-0.05, 0) is 49.4 Å². The van der Waals surface area contributed by atoms with Crippen molar-refractivity contribution in [1.82, 2.24) is 19.6 Å². The number of fused-ring (bicyclic) bond motifs is 4. The topological polar surface area (TPSA) is 55.5 Å².